The van der Waals surface area contributed by atoms with Crippen molar-refractivity contribution in [3.63, 3.8) is 0 Å². The third-order valence-electron chi connectivity index (χ3n) is 6.36. The maximum atomic E-state index is 12.8. The minimum Gasteiger partial charge on any atom is -0.481 e. The van der Waals surface area contributed by atoms with Gasteiger partial charge in [-0.3, -0.25) is 9.59 Å². The summed E-state index contributed by atoms with van der Waals surface area (Å²) >= 11 is 0. The summed E-state index contributed by atoms with van der Waals surface area (Å²) in [6.45, 7) is 1.16. The number of nitrogens with zero attached hydrogens (tertiary/aromatic N) is 3. The van der Waals surface area contributed by atoms with Gasteiger partial charge in [-0.1, -0.05) is 46.7 Å². The van der Waals surface area contributed by atoms with Crippen molar-refractivity contribution in [2.75, 3.05) is 19.8 Å². The standard InChI is InChI=1S/C28H35N3O8S/c32-27(33)16-13-22-7-9-23(10-8-22)20-29-38-18-3-1-2-4-19-39-30-21-24-11-14-25(15-12-24)40(36,37)31-17-5-6-26(31)28(34)35/h7-12,14-15,20-21,26H,1-6,13,16-19H2,(H,32,33)(H,34,35)/b29-20-,30-21+. The van der Waals surface area contributed by atoms with Crippen molar-refractivity contribution < 1.29 is 37.9 Å². The Morgan fingerprint density at radius 3 is 1.95 bits per heavy atom. The number of hydrogen-bond donors (Lipinski definition) is 2. The largest absolute Gasteiger partial charge is 0.481 e. The van der Waals surface area contributed by atoms with Crippen LogP contribution in [-0.2, 0) is 35.7 Å². The molecule has 1 heterocycles. The predicted octanol–water partition coefficient (Wildman–Crippen LogP) is 3.90. The van der Waals surface area contributed by atoms with E-state index in [4.69, 9.17) is 14.8 Å². The molecule has 1 aliphatic heterocycles. The van der Waals surface area contributed by atoms with Crippen molar-refractivity contribution >= 4 is 34.4 Å². The molecule has 12 heteroatoms. The molecule has 11 nitrogen and oxygen atoms in total. The highest BCUT2D eigenvalue weighted by atomic mass is 32.2. The van der Waals surface area contributed by atoms with Crippen LogP contribution in [-0.4, -0.2) is 73.1 Å². The number of benzene rings is 2. The van der Waals surface area contributed by atoms with E-state index in [1.165, 1.54) is 18.3 Å². The van der Waals surface area contributed by atoms with E-state index in [0.29, 0.717) is 38.0 Å². The molecule has 0 spiro atoms. The molecule has 1 atom stereocenters. The van der Waals surface area contributed by atoms with Gasteiger partial charge in [-0.05, 0) is 73.8 Å². The fourth-order valence-electron chi connectivity index (χ4n) is 4.15. The zero-order valence-corrected chi connectivity index (χ0v) is 23.0. The van der Waals surface area contributed by atoms with Gasteiger partial charge in [0.1, 0.15) is 19.3 Å². The number of aliphatic carboxylic acids is 2. The van der Waals surface area contributed by atoms with Crippen molar-refractivity contribution in [2.24, 2.45) is 10.3 Å². The first kappa shape index (κ1) is 30.8. The average molecular weight is 574 g/mol. The van der Waals surface area contributed by atoms with Gasteiger partial charge >= 0.3 is 11.9 Å². The number of aryl methyl sites for hydroxylation is 1. The van der Waals surface area contributed by atoms with Gasteiger partial charge in [0.15, 0.2) is 0 Å². The lowest BCUT2D eigenvalue weighted by molar-refractivity contribution is -0.140. The van der Waals surface area contributed by atoms with Gasteiger partial charge in [0, 0.05) is 13.0 Å². The van der Waals surface area contributed by atoms with E-state index in [9.17, 15) is 23.1 Å². The topological polar surface area (TPSA) is 155 Å². The highest BCUT2D eigenvalue weighted by molar-refractivity contribution is 7.89. The Morgan fingerprint density at radius 1 is 0.875 bits per heavy atom. The Labute approximate surface area is 234 Å². The first-order chi connectivity index (χ1) is 19.3. The van der Waals surface area contributed by atoms with Crippen LogP contribution in [0.4, 0.5) is 0 Å². The van der Waals surface area contributed by atoms with Gasteiger partial charge in [-0.15, -0.1) is 0 Å². The molecule has 0 radical (unpaired) electrons. The van der Waals surface area contributed by atoms with Crippen molar-refractivity contribution in [1.29, 1.82) is 0 Å². The SMILES string of the molecule is O=C(O)CCc1ccc(/C=N\OCCCCCCO/N=C/c2ccc(S(=O)(=O)N3CCCC3C(=O)O)cc2)cc1. The van der Waals surface area contributed by atoms with Crippen LogP contribution in [0.1, 0.15) is 61.6 Å². The second-order valence-electron chi connectivity index (χ2n) is 9.37. The summed E-state index contributed by atoms with van der Waals surface area (Å²) < 4.78 is 26.6. The van der Waals surface area contributed by atoms with Gasteiger partial charge in [0.05, 0.1) is 17.3 Å². The molecular formula is C28H35N3O8S. The molecule has 0 bridgehead atoms. The molecule has 2 aromatic carbocycles. The van der Waals surface area contributed by atoms with Crippen LogP contribution in [0, 0.1) is 0 Å². The highest BCUT2D eigenvalue weighted by Gasteiger charge is 2.39. The van der Waals surface area contributed by atoms with Gasteiger partial charge in [-0.2, -0.15) is 4.31 Å². The number of oxime groups is 2. The van der Waals surface area contributed by atoms with Crippen LogP contribution in [0.25, 0.3) is 0 Å². The minimum atomic E-state index is -3.87. The summed E-state index contributed by atoms with van der Waals surface area (Å²) in [6.07, 6.45) is 8.16. The lowest BCUT2D eigenvalue weighted by atomic mass is 10.1. The van der Waals surface area contributed by atoms with E-state index >= 15 is 0 Å². The summed E-state index contributed by atoms with van der Waals surface area (Å²) in [5, 5.41) is 25.9. The molecule has 1 aliphatic rings. The molecule has 40 heavy (non-hydrogen) atoms. The molecule has 0 saturated carbocycles. The van der Waals surface area contributed by atoms with Crippen molar-refractivity contribution in [3.05, 3.63) is 65.2 Å². The lowest BCUT2D eigenvalue weighted by Crippen LogP contribution is -2.40. The normalized spacial score (nSPS) is 16.1. The van der Waals surface area contributed by atoms with E-state index in [2.05, 4.69) is 10.3 Å². The molecule has 216 valence electrons. The van der Waals surface area contributed by atoms with Crippen molar-refractivity contribution in [1.82, 2.24) is 4.31 Å². The van der Waals surface area contributed by atoms with Gasteiger partial charge in [0.25, 0.3) is 0 Å². The van der Waals surface area contributed by atoms with Crippen LogP contribution in [0.3, 0.4) is 0 Å². The summed E-state index contributed by atoms with van der Waals surface area (Å²) in [7, 11) is -3.87. The number of rotatable bonds is 17. The van der Waals surface area contributed by atoms with Crippen LogP contribution in [0.5, 0.6) is 0 Å². The second-order valence-corrected chi connectivity index (χ2v) is 11.3. The second kappa shape index (κ2) is 15.7. The van der Waals surface area contributed by atoms with Crippen LogP contribution >= 0.6 is 0 Å². The molecule has 0 aromatic heterocycles. The number of carboxylic acid groups (broad SMARTS) is 2. The fourth-order valence-corrected chi connectivity index (χ4v) is 5.80. The first-order valence-electron chi connectivity index (χ1n) is 13.2. The molecule has 2 aromatic rings. The smallest absolute Gasteiger partial charge is 0.322 e. The van der Waals surface area contributed by atoms with Crippen LogP contribution in [0.2, 0.25) is 0 Å². The molecule has 1 fully saturated rings. The van der Waals surface area contributed by atoms with E-state index < -0.39 is 28.0 Å². The number of sulfonamides is 1. The quantitative estimate of drug-likeness (QED) is 0.164. The maximum Gasteiger partial charge on any atom is 0.322 e. The maximum absolute atomic E-state index is 12.8. The van der Waals surface area contributed by atoms with Crippen molar-refractivity contribution in [2.45, 2.75) is 62.3 Å². The van der Waals surface area contributed by atoms with Crippen LogP contribution in [0.15, 0.2) is 63.7 Å². The van der Waals surface area contributed by atoms with Gasteiger partial charge in [-0.25, -0.2) is 8.42 Å². The van der Waals surface area contributed by atoms with Gasteiger partial charge < -0.3 is 19.9 Å². The lowest BCUT2D eigenvalue weighted by Gasteiger charge is -2.20. The molecule has 0 amide bonds. The summed E-state index contributed by atoms with van der Waals surface area (Å²) in [4.78, 5) is 32.6. The minimum absolute atomic E-state index is 0.0528. The Morgan fingerprint density at radius 2 is 1.43 bits per heavy atom. The third-order valence-corrected chi connectivity index (χ3v) is 8.28. The van der Waals surface area contributed by atoms with Crippen LogP contribution < -0.4 is 0 Å². The molecule has 2 N–H and O–H groups in total. The number of carbonyl (C=O) groups is 2. The molecule has 0 aliphatic carbocycles. The van der Waals surface area contributed by atoms with E-state index in [1.807, 2.05) is 24.3 Å². The van der Waals surface area contributed by atoms with E-state index in [1.54, 1.807) is 18.3 Å². The zero-order chi connectivity index (χ0) is 28.8. The monoisotopic (exact) mass is 573 g/mol. The first-order valence-corrected chi connectivity index (χ1v) is 14.7. The zero-order valence-electron chi connectivity index (χ0n) is 22.2. The summed E-state index contributed by atoms with van der Waals surface area (Å²) in [6, 6.07) is 12.6. The molecule has 1 saturated heterocycles. The molecular weight excluding hydrogens is 538 g/mol. The Bertz CT molecular complexity index is 1260. The Hall–Kier alpha value is -3.77. The predicted molar refractivity (Wildman–Crippen MR) is 149 cm³/mol. The summed E-state index contributed by atoms with van der Waals surface area (Å²) in [5.74, 6) is -1.94. The number of unbranched alkanes of at least 4 members (excludes halogenated alkanes) is 3. The molecule has 1 unspecified atom stereocenters. The Balaban J connectivity index is 1.25. The van der Waals surface area contributed by atoms with Crippen molar-refractivity contribution in [3.8, 4) is 0 Å². The van der Waals surface area contributed by atoms with Gasteiger partial charge in [0.2, 0.25) is 10.0 Å². The van der Waals surface area contributed by atoms with E-state index in [-0.39, 0.29) is 17.9 Å². The Kier molecular flexibility index (Phi) is 12.1. The highest BCUT2D eigenvalue weighted by Crippen LogP contribution is 2.26. The van der Waals surface area contributed by atoms with E-state index in [0.717, 1.165) is 41.1 Å². The fraction of sp³-hybridized carbons (Fsp3) is 0.429. The third kappa shape index (κ3) is 9.76. The number of hydrogen-bond acceptors (Lipinski definition) is 8. The summed E-state index contributed by atoms with van der Waals surface area (Å²) in [5.41, 5.74) is 2.52. The molecule has 3 rings (SSSR count). The number of carboxylic acids is 2. The average Bonchev–Trinajstić information content (AvgIpc) is 3.45.